The number of nitrogens with zero attached hydrogens (tertiary/aromatic N) is 2. The summed E-state index contributed by atoms with van der Waals surface area (Å²) in [6.45, 7) is 6.57. The summed E-state index contributed by atoms with van der Waals surface area (Å²) in [5, 5.41) is 3.86. The minimum atomic E-state index is -4.20. The van der Waals surface area contributed by atoms with E-state index in [9.17, 15) is 18.0 Å². The Balaban J connectivity index is 2.11. The molecule has 3 aromatic carbocycles. The summed E-state index contributed by atoms with van der Waals surface area (Å²) in [4.78, 5) is 28.8. The molecule has 11 heteroatoms. The van der Waals surface area contributed by atoms with Gasteiger partial charge in [-0.2, -0.15) is 0 Å². The number of carbonyl (C=O) groups is 2. The molecule has 0 aliphatic heterocycles. The van der Waals surface area contributed by atoms with Crippen molar-refractivity contribution < 1.29 is 18.0 Å². The standard InChI is InChI=1S/C29H32Cl3N3O4S/c1-5-26(28(37)33-29(2,3)4)34(18-23-24(31)15-10-16-25(23)32)27(36)19-35(21-12-9-11-20(30)17-21)40(38,39)22-13-7-6-8-14-22/h6-17,26H,5,18-19H2,1-4H3,(H,33,37)/t26-/m1/s1. The number of rotatable bonds is 10. The Kier molecular flexibility index (Phi) is 10.5. The van der Waals surface area contributed by atoms with Crippen LogP contribution >= 0.6 is 34.8 Å². The second-order valence-electron chi connectivity index (χ2n) is 10.2. The highest BCUT2D eigenvalue weighted by Gasteiger charge is 2.35. The molecule has 0 saturated carbocycles. The number of benzene rings is 3. The molecule has 0 aliphatic carbocycles. The number of carbonyl (C=O) groups excluding carboxylic acids is 2. The van der Waals surface area contributed by atoms with Gasteiger partial charge in [-0.25, -0.2) is 8.42 Å². The Morgan fingerprint density at radius 1 is 0.900 bits per heavy atom. The van der Waals surface area contributed by atoms with E-state index >= 15 is 0 Å². The Labute approximate surface area is 251 Å². The van der Waals surface area contributed by atoms with Gasteiger partial charge in [0.25, 0.3) is 10.0 Å². The minimum absolute atomic E-state index is 0.000918. The topological polar surface area (TPSA) is 86.8 Å². The van der Waals surface area contributed by atoms with Crippen molar-refractivity contribution in [3.05, 3.63) is 93.4 Å². The fourth-order valence-corrected chi connectivity index (χ4v) is 6.23. The molecular formula is C29H32Cl3N3O4S. The van der Waals surface area contributed by atoms with Crippen LogP contribution in [0, 0.1) is 0 Å². The number of nitrogens with one attached hydrogen (secondary N) is 1. The van der Waals surface area contributed by atoms with Crippen LogP contribution in [-0.2, 0) is 26.2 Å². The molecule has 0 radical (unpaired) electrons. The SMILES string of the molecule is CC[C@H](C(=O)NC(C)(C)C)N(Cc1c(Cl)cccc1Cl)C(=O)CN(c1cccc(Cl)c1)S(=O)(=O)c1ccccc1. The van der Waals surface area contributed by atoms with Gasteiger partial charge >= 0.3 is 0 Å². The fraction of sp³-hybridized carbons (Fsp3) is 0.310. The van der Waals surface area contributed by atoms with E-state index in [-0.39, 0.29) is 29.5 Å². The highest BCUT2D eigenvalue weighted by atomic mass is 35.5. The normalized spacial score (nSPS) is 12.5. The Bertz CT molecular complexity index is 1440. The van der Waals surface area contributed by atoms with E-state index in [4.69, 9.17) is 34.8 Å². The number of hydrogen-bond donors (Lipinski definition) is 1. The van der Waals surface area contributed by atoms with Crippen LogP contribution in [0.1, 0.15) is 39.7 Å². The largest absolute Gasteiger partial charge is 0.350 e. The van der Waals surface area contributed by atoms with Crippen molar-refractivity contribution in [1.82, 2.24) is 10.2 Å². The Hall–Kier alpha value is -2.78. The maximum absolute atomic E-state index is 14.1. The van der Waals surface area contributed by atoms with Crippen molar-refractivity contribution >= 4 is 62.3 Å². The zero-order valence-corrected chi connectivity index (χ0v) is 25.8. The molecule has 0 aliphatic rings. The van der Waals surface area contributed by atoms with Crippen LogP contribution in [0.4, 0.5) is 5.69 Å². The molecule has 3 rings (SSSR count). The van der Waals surface area contributed by atoms with Gasteiger partial charge < -0.3 is 10.2 Å². The molecule has 0 fully saturated rings. The van der Waals surface area contributed by atoms with Crippen LogP contribution in [0.2, 0.25) is 15.1 Å². The molecule has 0 saturated heterocycles. The van der Waals surface area contributed by atoms with E-state index in [0.29, 0.717) is 20.6 Å². The van der Waals surface area contributed by atoms with Crippen molar-refractivity contribution in [2.45, 2.75) is 57.1 Å². The molecule has 1 atom stereocenters. The maximum Gasteiger partial charge on any atom is 0.264 e. The molecule has 40 heavy (non-hydrogen) atoms. The maximum atomic E-state index is 14.1. The minimum Gasteiger partial charge on any atom is -0.350 e. The van der Waals surface area contributed by atoms with E-state index in [1.165, 1.54) is 23.1 Å². The zero-order chi connectivity index (χ0) is 29.7. The highest BCUT2D eigenvalue weighted by Crippen LogP contribution is 2.29. The first-order chi connectivity index (χ1) is 18.7. The lowest BCUT2D eigenvalue weighted by Crippen LogP contribution is -2.55. The van der Waals surface area contributed by atoms with Gasteiger partial charge in [0.2, 0.25) is 11.8 Å². The summed E-state index contributed by atoms with van der Waals surface area (Å²) >= 11 is 19.1. The summed E-state index contributed by atoms with van der Waals surface area (Å²) in [5.41, 5.74) is 0.0825. The van der Waals surface area contributed by atoms with Crippen LogP contribution in [0.5, 0.6) is 0 Å². The fourth-order valence-electron chi connectivity index (χ4n) is 4.11. The molecule has 0 spiro atoms. The smallest absolute Gasteiger partial charge is 0.264 e. The second-order valence-corrected chi connectivity index (χ2v) is 13.3. The molecule has 3 aromatic rings. The van der Waals surface area contributed by atoms with Crippen LogP contribution in [0.25, 0.3) is 0 Å². The van der Waals surface area contributed by atoms with E-state index in [1.54, 1.807) is 61.5 Å². The zero-order valence-electron chi connectivity index (χ0n) is 22.7. The van der Waals surface area contributed by atoms with E-state index < -0.39 is 34.1 Å². The van der Waals surface area contributed by atoms with Crippen LogP contribution in [0.3, 0.4) is 0 Å². The van der Waals surface area contributed by atoms with Gasteiger partial charge in [0, 0.05) is 32.7 Å². The van der Waals surface area contributed by atoms with Crippen molar-refractivity contribution in [2.24, 2.45) is 0 Å². The van der Waals surface area contributed by atoms with Gasteiger partial charge in [-0.15, -0.1) is 0 Å². The predicted molar refractivity (Wildman–Crippen MR) is 161 cm³/mol. The first kappa shape index (κ1) is 31.7. The lowest BCUT2D eigenvalue weighted by Gasteiger charge is -2.35. The first-order valence-corrected chi connectivity index (χ1v) is 15.2. The van der Waals surface area contributed by atoms with Gasteiger partial charge in [0.15, 0.2) is 0 Å². The van der Waals surface area contributed by atoms with Crippen molar-refractivity contribution in [2.75, 3.05) is 10.8 Å². The summed E-state index contributed by atoms with van der Waals surface area (Å²) in [6, 6.07) is 18.0. The predicted octanol–water partition coefficient (Wildman–Crippen LogP) is 6.56. The third-order valence-corrected chi connectivity index (χ3v) is 8.71. The Morgan fingerprint density at radius 3 is 2.05 bits per heavy atom. The molecule has 0 unspecified atom stereocenters. The molecule has 1 N–H and O–H groups in total. The summed E-state index contributed by atoms with van der Waals surface area (Å²) in [5.74, 6) is -1.00. The van der Waals surface area contributed by atoms with Gasteiger partial charge in [0.1, 0.15) is 12.6 Å². The van der Waals surface area contributed by atoms with Crippen molar-refractivity contribution in [3.8, 4) is 0 Å². The molecular weight excluding hydrogens is 593 g/mol. The third-order valence-electron chi connectivity index (χ3n) is 5.98. The first-order valence-electron chi connectivity index (χ1n) is 12.6. The number of sulfonamides is 1. The van der Waals surface area contributed by atoms with Gasteiger partial charge in [-0.1, -0.05) is 72.1 Å². The highest BCUT2D eigenvalue weighted by molar-refractivity contribution is 7.92. The van der Waals surface area contributed by atoms with Gasteiger partial charge in [-0.3, -0.25) is 13.9 Å². The molecule has 214 valence electrons. The third kappa shape index (κ3) is 7.91. The lowest BCUT2D eigenvalue weighted by molar-refractivity contribution is -0.141. The van der Waals surface area contributed by atoms with E-state index in [0.717, 1.165) is 4.31 Å². The molecule has 7 nitrogen and oxygen atoms in total. The molecule has 0 heterocycles. The summed E-state index contributed by atoms with van der Waals surface area (Å²) in [6.07, 6.45) is 0.262. The number of amides is 2. The molecule has 0 aromatic heterocycles. The second kappa shape index (κ2) is 13.3. The van der Waals surface area contributed by atoms with Crippen molar-refractivity contribution in [1.29, 1.82) is 0 Å². The number of halogens is 3. The number of anilines is 1. The van der Waals surface area contributed by atoms with Crippen LogP contribution in [0.15, 0.2) is 77.7 Å². The Morgan fingerprint density at radius 2 is 1.50 bits per heavy atom. The monoisotopic (exact) mass is 623 g/mol. The van der Waals surface area contributed by atoms with Gasteiger partial charge in [0.05, 0.1) is 10.6 Å². The van der Waals surface area contributed by atoms with Crippen molar-refractivity contribution in [3.63, 3.8) is 0 Å². The van der Waals surface area contributed by atoms with Gasteiger partial charge in [-0.05, 0) is 69.7 Å². The number of hydrogen-bond acceptors (Lipinski definition) is 4. The quantitative estimate of drug-likeness (QED) is 0.277. The van der Waals surface area contributed by atoms with Crippen LogP contribution < -0.4 is 9.62 Å². The molecule has 2 amide bonds. The lowest BCUT2D eigenvalue weighted by atomic mass is 10.1. The summed E-state index contributed by atoms with van der Waals surface area (Å²) in [7, 11) is -4.20. The average Bonchev–Trinajstić information content (AvgIpc) is 2.88. The van der Waals surface area contributed by atoms with E-state index in [2.05, 4.69) is 5.32 Å². The van der Waals surface area contributed by atoms with E-state index in [1.807, 2.05) is 20.8 Å². The van der Waals surface area contributed by atoms with Crippen LogP contribution in [-0.4, -0.2) is 43.3 Å². The average molecular weight is 625 g/mol. The molecule has 0 bridgehead atoms. The summed E-state index contributed by atoms with van der Waals surface area (Å²) < 4.78 is 28.6.